The quantitative estimate of drug-likeness (QED) is 0.833. The molecular formula is C13H17Cl2NO3. The lowest BCUT2D eigenvalue weighted by molar-refractivity contribution is 0.0381. The second-order valence-corrected chi connectivity index (χ2v) is 5.74. The second kappa shape index (κ2) is 5.47. The first-order valence-corrected chi connectivity index (χ1v) is 6.11. The smallest absolute Gasteiger partial charge is 0.407 e. The molecule has 1 atom stereocenters. The van der Waals surface area contributed by atoms with Crippen molar-refractivity contribution in [3.8, 4) is 5.75 Å². The Hall–Kier alpha value is -1.13. The minimum absolute atomic E-state index is 0. The van der Waals surface area contributed by atoms with Crippen molar-refractivity contribution < 1.29 is 14.6 Å². The highest BCUT2D eigenvalue weighted by Crippen LogP contribution is 2.41. The van der Waals surface area contributed by atoms with Crippen LogP contribution in [-0.4, -0.2) is 17.8 Å². The molecule has 0 aromatic heterocycles. The summed E-state index contributed by atoms with van der Waals surface area (Å²) in [6, 6.07) is 3.05. The van der Waals surface area contributed by atoms with Crippen LogP contribution in [0.25, 0.3) is 0 Å². The van der Waals surface area contributed by atoms with Crippen molar-refractivity contribution in [3.63, 3.8) is 0 Å². The summed E-state index contributed by atoms with van der Waals surface area (Å²) in [5, 5.41) is 13.4. The van der Waals surface area contributed by atoms with E-state index in [1.54, 1.807) is 19.1 Å². The first-order valence-electron chi connectivity index (χ1n) is 5.73. The Morgan fingerprint density at radius 2 is 2.11 bits per heavy atom. The highest BCUT2D eigenvalue weighted by atomic mass is 35.5. The summed E-state index contributed by atoms with van der Waals surface area (Å²) in [5.74, 6) is 0.166. The van der Waals surface area contributed by atoms with E-state index in [2.05, 4.69) is 5.32 Å². The van der Waals surface area contributed by atoms with Crippen molar-refractivity contribution in [2.45, 2.75) is 26.8 Å². The number of aromatic hydroxyl groups is 1. The van der Waals surface area contributed by atoms with E-state index in [-0.39, 0.29) is 29.6 Å². The van der Waals surface area contributed by atoms with Crippen molar-refractivity contribution >= 4 is 30.1 Å². The van der Waals surface area contributed by atoms with E-state index >= 15 is 0 Å². The average Bonchev–Trinajstić information content (AvgIpc) is 2.27. The van der Waals surface area contributed by atoms with Crippen molar-refractivity contribution in [1.82, 2.24) is 5.32 Å². The van der Waals surface area contributed by atoms with Gasteiger partial charge in [-0.05, 0) is 24.6 Å². The molecule has 1 aromatic carbocycles. The number of halogens is 2. The largest absolute Gasteiger partial charge is 0.507 e. The maximum absolute atomic E-state index is 11.4. The molecule has 0 spiro atoms. The molecule has 1 saturated heterocycles. The number of alkyl carbamates (subject to hydrolysis) is 1. The number of ether oxygens (including phenoxy) is 1. The van der Waals surface area contributed by atoms with E-state index < -0.39 is 6.09 Å². The van der Waals surface area contributed by atoms with E-state index in [4.69, 9.17) is 16.3 Å². The number of hydrogen-bond donors (Lipinski definition) is 2. The third kappa shape index (κ3) is 3.07. The van der Waals surface area contributed by atoms with E-state index in [0.29, 0.717) is 22.8 Å². The monoisotopic (exact) mass is 305 g/mol. The Balaban J connectivity index is 0.00000180. The number of nitrogens with one attached hydrogen (secondary N) is 1. The minimum Gasteiger partial charge on any atom is -0.507 e. The maximum Gasteiger partial charge on any atom is 0.407 e. The van der Waals surface area contributed by atoms with Crippen LogP contribution in [0.15, 0.2) is 12.1 Å². The fourth-order valence-corrected chi connectivity index (χ4v) is 2.45. The van der Waals surface area contributed by atoms with Crippen LogP contribution in [0.4, 0.5) is 4.79 Å². The standard InChI is InChI=1S/C13H16ClNO3.ClH/c1-7-4-8(14)5-9(10(7)16)11-13(2,3)6-18-12(17)15-11;/h4-5,11,16H,6H2,1-3H3,(H,15,17);1H/t11-;/m1./s1. The van der Waals surface area contributed by atoms with Crippen LogP contribution in [0.2, 0.25) is 5.02 Å². The SMILES string of the molecule is Cc1cc(Cl)cc([C@H]2NC(=O)OCC2(C)C)c1O.Cl. The molecule has 0 saturated carbocycles. The topological polar surface area (TPSA) is 58.6 Å². The molecule has 0 radical (unpaired) electrons. The van der Waals surface area contributed by atoms with Crippen LogP contribution in [0.1, 0.15) is 31.0 Å². The second-order valence-electron chi connectivity index (χ2n) is 5.30. The summed E-state index contributed by atoms with van der Waals surface area (Å²) in [6.45, 7) is 6.01. The Kier molecular flexibility index (Phi) is 4.59. The van der Waals surface area contributed by atoms with Crippen molar-refractivity contribution in [1.29, 1.82) is 0 Å². The fourth-order valence-electron chi connectivity index (χ4n) is 2.17. The molecule has 1 aliphatic heterocycles. The lowest BCUT2D eigenvalue weighted by Crippen LogP contribution is -2.47. The third-order valence-corrected chi connectivity index (χ3v) is 3.44. The Morgan fingerprint density at radius 3 is 2.74 bits per heavy atom. The Morgan fingerprint density at radius 1 is 1.47 bits per heavy atom. The number of aryl methyl sites for hydroxylation is 1. The molecule has 106 valence electrons. The number of amides is 1. The van der Waals surface area contributed by atoms with Gasteiger partial charge in [-0.15, -0.1) is 12.4 Å². The van der Waals surface area contributed by atoms with E-state index in [9.17, 15) is 9.90 Å². The molecule has 19 heavy (non-hydrogen) atoms. The van der Waals surface area contributed by atoms with Gasteiger partial charge in [0.15, 0.2) is 0 Å². The third-order valence-electron chi connectivity index (χ3n) is 3.22. The lowest BCUT2D eigenvalue weighted by Gasteiger charge is -2.38. The molecule has 6 heteroatoms. The van der Waals surface area contributed by atoms with Gasteiger partial charge in [0.05, 0.1) is 6.04 Å². The van der Waals surface area contributed by atoms with Crippen molar-refractivity contribution in [2.24, 2.45) is 5.41 Å². The molecule has 0 unspecified atom stereocenters. The van der Waals surface area contributed by atoms with Crippen LogP contribution in [0.5, 0.6) is 5.75 Å². The number of carbonyl (C=O) groups is 1. The number of cyclic esters (lactones) is 1. The number of carbonyl (C=O) groups excluding carboxylic acids is 1. The molecule has 1 fully saturated rings. The predicted octanol–water partition coefficient (Wildman–Crippen LogP) is 3.58. The first kappa shape index (κ1) is 15.9. The van der Waals surface area contributed by atoms with E-state index in [1.165, 1.54) is 0 Å². The normalized spacial score (nSPS) is 21.1. The van der Waals surface area contributed by atoms with Gasteiger partial charge in [0.2, 0.25) is 0 Å². The Labute approximate surface area is 123 Å². The average molecular weight is 306 g/mol. The van der Waals surface area contributed by atoms with Crippen molar-refractivity contribution in [3.05, 3.63) is 28.3 Å². The van der Waals surface area contributed by atoms with E-state index in [0.717, 1.165) is 0 Å². The fraction of sp³-hybridized carbons (Fsp3) is 0.462. The van der Waals surface area contributed by atoms with Crippen LogP contribution in [0.3, 0.4) is 0 Å². The van der Waals surface area contributed by atoms with Gasteiger partial charge < -0.3 is 15.2 Å². The molecular weight excluding hydrogens is 289 g/mol. The molecule has 0 bridgehead atoms. The summed E-state index contributed by atoms with van der Waals surface area (Å²) in [7, 11) is 0. The molecule has 2 N–H and O–H groups in total. The summed E-state index contributed by atoms with van der Waals surface area (Å²) in [6.07, 6.45) is -0.476. The number of phenols is 1. The van der Waals surface area contributed by atoms with Gasteiger partial charge in [0, 0.05) is 16.0 Å². The van der Waals surface area contributed by atoms with Crippen LogP contribution in [-0.2, 0) is 4.74 Å². The highest BCUT2D eigenvalue weighted by Gasteiger charge is 2.39. The predicted molar refractivity (Wildman–Crippen MR) is 76.1 cm³/mol. The number of benzene rings is 1. The zero-order valence-corrected chi connectivity index (χ0v) is 12.6. The zero-order chi connectivity index (χ0) is 13.5. The molecule has 2 rings (SSSR count). The van der Waals surface area contributed by atoms with Crippen LogP contribution < -0.4 is 5.32 Å². The maximum atomic E-state index is 11.4. The van der Waals surface area contributed by atoms with Crippen LogP contribution >= 0.6 is 24.0 Å². The summed E-state index contributed by atoms with van der Waals surface area (Å²) >= 11 is 6.02. The van der Waals surface area contributed by atoms with Gasteiger partial charge in [-0.2, -0.15) is 0 Å². The molecule has 1 aromatic rings. The number of phenolic OH excluding ortho intramolecular Hbond substituents is 1. The van der Waals surface area contributed by atoms with Gasteiger partial charge in [-0.1, -0.05) is 25.4 Å². The lowest BCUT2D eigenvalue weighted by atomic mass is 9.79. The zero-order valence-electron chi connectivity index (χ0n) is 11.0. The molecule has 0 aliphatic carbocycles. The number of hydrogen-bond acceptors (Lipinski definition) is 3. The summed E-state index contributed by atoms with van der Waals surface area (Å²) < 4.78 is 4.98. The van der Waals surface area contributed by atoms with Gasteiger partial charge >= 0.3 is 6.09 Å². The van der Waals surface area contributed by atoms with Gasteiger partial charge in [-0.3, -0.25) is 0 Å². The summed E-state index contributed by atoms with van der Waals surface area (Å²) in [4.78, 5) is 11.4. The Bertz CT molecular complexity index is 503. The molecule has 4 nitrogen and oxygen atoms in total. The molecule has 1 aliphatic rings. The van der Waals surface area contributed by atoms with E-state index in [1.807, 2.05) is 13.8 Å². The van der Waals surface area contributed by atoms with Gasteiger partial charge in [-0.25, -0.2) is 4.79 Å². The number of rotatable bonds is 1. The van der Waals surface area contributed by atoms with Crippen LogP contribution in [0, 0.1) is 12.3 Å². The summed E-state index contributed by atoms with van der Waals surface area (Å²) in [5.41, 5.74) is 0.999. The van der Waals surface area contributed by atoms with Gasteiger partial charge in [0.1, 0.15) is 12.4 Å². The minimum atomic E-state index is -0.476. The highest BCUT2D eigenvalue weighted by molar-refractivity contribution is 6.30. The first-order chi connectivity index (χ1) is 8.31. The van der Waals surface area contributed by atoms with Gasteiger partial charge in [0.25, 0.3) is 0 Å². The molecule has 1 heterocycles. The molecule has 1 amide bonds. The van der Waals surface area contributed by atoms with Crippen molar-refractivity contribution in [2.75, 3.05) is 6.61 Å².